The summed E-state index contributed by atoms with van der Waals surface area (Å²) in [5.41, 5.74) is 0.0806. The van der Waals surface area contributed by atoms with Gasteiger partial charge in [0.05, 0.1) is 27.5 Å². The maximum absolute atomic E-state index is 13.6. The minimum atomic E-state index is -0.843. The molecular formula is C13H6BrF3N2. The lowest BCUT2D eigenvalue weighted by molar-refractivity contribution is 0.581. The topological polar surface area (TPSA) is 35.8 Å². The molecule has 0 bridgehead atoms. The van der Waals surface area contributed by atoms with E-state index in [2.05, 4.69) is 21.2 Å². The molecule has 0 atom stereocenters. The van der Waals surface area contributed by atoms with Gasteiger partial charge in [-0.1, -0.05) is 0 Å². The van der Waals surface area contributed by atoms with E-state index in [1.807, 2.05) is 0 Å². The normalized spacial score (nSPS) is 10.1. The summed E-state index contributed by atoms with van der Waals surface area (Å²) in [6.07, 6.45) is 0. The third-order valence-corrected chi connectivity index (χ3v) is 2.99. The zero-order valence-electron chi connectivity index (χ0n) is 9.35. The smallest absolute Gasteiger partial charge is 0.149 e. The van der Waals surface area contributed by atoms with Crippen LogP contribution in [-0.4, -0.2) is 0 Å². The van der Waals surface area contributed by atoms with Gasteiger partial charge in [0, 0.05) is 6.07 Å². The average Bonchev–Trinajstić information content (AvgIpc) is 2.38. The predicted molar refractivity (Wildman–Crippen MR) is 68.5 cm³/mol. The van der Waals surface area contributed by atoms with Crippen molar-refractivity contribution in [2.45, 2.75) is 0 Å². The molecule has 2 aromatic rings. The van der Waals surface area contributed by atoms with E-state index in [0.717, 1.165) is 6.07 Å². The van der Waals surface area contributed by atoms with Crippen molar-refractivity contribution in [3.8, 4) is 6.07 Å². The van der Waals surface area contributed by atoms with E-state index in [0.29, 0.717) is 6.07 Å². The highest BCUT2D eigenvalue weighted by Crippen LogP contribution is 2.27. The average molecular weight is 327 g/mol. The lowest BCUT2D eigenvalue weighted by Crippen LogP contribution is -1.98. The maximum atomic E-state index is 13.6. The second-order valence-corrected chi connectivity index (χ2v) is 4.53. The number of nitrogens with zero attached hydrogens (tertiary/aromatic N) is 1. The van der Waals surface area contributed by atoms with Crippen LogP contribution in [0.25, 0.3) is 0 Å². The number of nitriles is 1. The summed E-state index contributed by atoms with van der Waals surface area (Å²) < 4.78 is 40.2. The zero-order chi connectivity index (χ0) is 14.0. The lowest BCUT2D eigenvalue weighted by atomic mass is 10.2. The van der Waals surface area contributed by atoms with Crippen molar-refractivity contribution < 1.29 is 13.2 Å². The van der Waals surface area contributed by atoms with Crippen LogP contribution in [0.5, 0.6) is 0 Å². The molecule has 2 aromatic carbocycles. The first kappa shape index (κ1) is 13.4. The van der Waals surface area contributed by atoms with Gasteiger partial charge in [0.15, 0.2) is 0 Å². The van der Waals surface area contributed by atoms with Crippen molar-refractivity contribution in [1.82, 2.24) is 0 Å². The molecule has 2 rings (SSSR count). The summed E-state index contributed by atoms with van der Waals surface area (Å²) in [4.78, 5) is 0. The molecule has 0 fully saturated rings. The fraction of sp³-hybridized carbons (Fsp3) is 0. The monoisotopic (exact) mass is 326 g/mol. The highest BCUT2D eigenvalue weighted by Gasteiger charge is 2.10. The molecule has 0 aromatic heterocycles. The molecule has 0 saturated heterocycles. The molecule has 0 aliphatic carbocycles. The van der Waals surface area contributed by atoms with Crippen LogP contribution >= 0.6 is 15.9 Å². The minimum absolute atomic E-state index is 0.00333. The van der Waals surface area contributed by atoms with E-state index >= 15 is 0 Å². The highest BCUT2D eigenvalue weighted by molar-refractivity contribution is 9.10. The Hall–Kier alpha value is -2.00. The van der Waals surface area contributed by atoms with Crippen LogP contribution < -0.4 is 5.32 Å². The van der Waals surface area contributed by atoms with Crippen LogP contribution in [-0.2, 0) is 0 Å². The Morgan fingerprint density at radius 3 is 2.26 bits per heavy atom. The molecule has 96 valence electrons. The summed E-state index contributed by atoms with van der Waals surface area (Å²) in [5, 5.41) is 11.1. The third kappa shape index (κ3) is 2.88. The molecule has 0 aliphatic rings. The third-order valence-electron chi connectivity index (χ3n) is 2.38. The SMILES string of the molecule is N#Cc1ccc(Nc2cc(Br)c(F)cc2F)c(F)c1. The molecule has 0 radical (unpaired) electrons. The highest BCUT2D eigenvalue weighted by atomic mass is 79.9. The number of nitrogens with one attached hydrogen (secondary N) is 1. The van der Waals surface area contributed by atoms with Gasteiger partial charge in [0.2, 0.25) is 0 Å². The molecule has 0 aliphatic heterocycles. The van der Waals surface area contributed by atoms with Crippen LogP contribution in [0.1, 0.15) is 5.56 Å². The van der Waals surface area contributed by atoms with Gasteiger partial charge in [-0.05, 0) is 40.2 Å². The second kappa shape index (κ2) is 5.33. The standard InChI is InChI=1S/C13H6BrF3N2/c14-8-4-13(11(17)5-9(8)15)19-12-2-1-7(6-18)3-10(12)16/h1-5,19H. The van der Waals surface area contributed by atoms with E-state index in [4.69, 9.17) is 5.26 Å². The van der Waals surface area contributed by atoms with Crippen LogP contribution in [0.2, 0.25) is 0 Å². The molecule has 2 nitrogen and oxygen atoms in total. The summed E-state index contributed by atoms with van der Waals surface area (Å²) in [5.74, 6) is -2.29. The van der Waals surface area contributed by atoms with Crippen LogP contribution in [0.4, 0.5) is 24.5 Å². The Balaban J connectivity index is 2.37. The Labute approximate surface area is 115 Å². The molecular weight excluding hydrogens is 321 g/mol. The van der Waals surface area contributed by atoms with Crippen LogP contribution in [0, 0.1) is 28.8 Å². The Kier molecular flexibility index (Phi) is 3.76. The maximum Gasteiger partial charge on any atom is 0.149 e. The number of benzene rings is 2. The first-order valence-electron chi connectivity index (χ1n) is 5.12. The molecule has 19 heavy (non-hydrogen) atoms. The Morgan fingerprint density at radius 2 is 1.63 bits per heavy atom. The molecule has 0 amide bonds. The van der Waals surface area contributed by atoms with Crippen molar-refractivity contribution in [2.75, 3.05) is 5.32 Å². The zero-order valence-corrected chi connectivity index (χ0v) is 10.9. The van der Waals surface area contributed by atoms with Crippen molar-refractivity contribution in [3.63, 3.8) is 0 Å². The molecule has 1 N–H and O–H groups in total. The number of rotatable bonds is 2. The first-order chi connectivity index (χ1) is 9.01. The van der Waals surface area contributed by atoms with Gasteiger partial charge in [-0.2, -0.15) is 5.26 Å². The van der Waals surface area contributed by atoms with E-state index in [1.54, 1.807) is 6.07 Å². The molecule has 0 unspecified atom stereocenters. The van der Waals surface area contributed by atoms with Crippen molar-refractivity contribution >= 4 is 27.3 Å². The van der Waals surface area contributed by atoms with Crippen molar-refractivity contribution in [3.05, 3.63) is 57.8 Å². The van der Waals surface area contributed by atoms with E-state index in [1.165, 1.54) is 18.2 Å². The van der Waals surface area contributed by atoms with Gasteiger partial charge in [-0.3, -0.25) is 0 Å². The van der Waals surface area contributed by atoms with E-state index in [9.17, 15) is 13.2 Å². The number of halogens is 4. The van der Waals surface area contributed by atoms with E-state index in [-0.39, 0.29) is 21.4 Å². The fourth-order valence-electron chi connectivity index (χ4n) is 1.45. The fourth-order valence-corrected chi connectivity index (χ4v) is 1.79. The number of hydrogen-bond acceptors (Lipinski definition) is 2. The second-order valence-electron chi connectivity index (χ2n) is 3.68. The van der Waals surface area contributed by atoms with Gasteiger partial charge in [-0.15, -0.1) is 0 Å². The Bertz CT molecular complexity index is 680. The predicted octanol–water partition coefficient (Wildman–Crippen LogP) is 4.48. The van der Waals surface area contributed by atoms with Gasteiger partial charge in [0.1, 0.15) is 17.5 Å². The van der Waals surface area contributed by atoms with E-state index < -0.39 is 17.5 Å². The van der Waals surface area contributed by atoms with Crippen molar-refractivity contribution in [2.24, 2.45) is 0 Å². The van der Waals surface area contributed by atoms with Gasteiger partial charge >= 0.3 is 0 Å². The minimum Gasteiger partial charge on any atom is -0.351 e. The summed E-state index contributed by atoms with van der Waals surface area (Å²) in [6, 6.07) is 7.37. The largest absolute Gasteiger partial charge is 0.351 e. The van der Waals surface area contributed by atoms with Crippen LogP contribution in [0.15, 0.2) is 34.8 Å². The van der Waals surface area contributed by atoms with Gasteiger partial charge in [-0.25, -0.2) is 13.2 Å². The summed E-state index contributed by atoms with van der Waals surface area (Å²) in [6.45, 7) is 0. The molecule has 0 saturated carbocycles. The van der Waals surface area contributed by atoms with Gasteiger partial charge in [0.25, 0.3) is 0 Å². The lowest BCUT2D eigenvalue weighted by Gasteiger charge is -2.09. The summed E-state index contributed by atoms with van der Waals surface area (Å²) in [7, 11) is 0. The quantitative estimate of drug-likeness (QED) is 0.826. The first-order valence-corrected chi connectivity index (χ1v) is 5.92. The summed E-state index contributed by atoms with van der Waals surface area (Å²) >= 11 is 2.92. The van der Waals surface area contributed by atoms with Gasteiger partial charge < -0.3 is 5.32 Å². The Morgan fingerprint density at radius 1 is 0.947 bits per heavy atom. The molecule has 0 spiro atoms. The van der Waals surface area contributed by atoms with Crippen LogP contribution in [0.3, 0.4) is 0 Å². The molecule has 0 heterocycles. The number of hydrogen-bond donors (Lipinski definition) is 1. The van der Waals surface area contributed by atoms with Crippen molar-refractivity contribution in [1.29, 1.82) is 5.26 Å². The number of anilines is 2. The molecule has 6 heteroatoms.